The largest absolute Gasteiger partial charge is 0.394 e. The first-order valence-corrected chi connectivity index (χ1v) is 6.33. The molecule has 0 heterocycles. The molecule has 0 fully saturated rings. The number of nitro groups is 1. The Morgan fingerprint density at radius 1 is 1.10 bits per heavy atom. The quantitative estimate of drug-likeness (QED) is 0.334. The van der Waals surface area contributed by atoms with Gasteiger partial charge in [0.15, 0.2) is 0 Å². The van der Waals surface area contributed by atoms with Crippen LogP contribution in [-0.2, 0) is 16.8 Å². The van der Waals surface area contributed by atoms with Crippen LogP contribution in [0.3, 0.4) is 0 Å². The first-order chi connectivity index (χ1) is 9.47. The number of non-ortho nitro benzene ring substituents is 1. The molecule has 5 N–H and O–H groups in total. The molecule has 0 bridgehead atoms. The molecule has 0 spiro atoms. The Labute approximate surface area is 118 Å². The van der Waals surface area contributed by atoms with Crippen molar-refractivity contribution in [1.29, 1.82) is 0 Å². The second-order valence-corrected chi connectivity index (χ2v) is 4.04. The number of benzene rings is 1. The fourth-order valence-corrected chi connectivity index (χ4v) is 0.951. The Hall–Kier alpha value is -2.35. The molecule has 0 aromatic heterocycles. The van der Waals surface area contributed by atoms with Gasteiger partial charge in [-0.25, -0.2) is 0 Å². The predicted molar refractivity (Wildman–Crippen MR) is 68.8 cm³/mol. The number of rotatable bonds is 3. The molecule has 1 aromatic rings. The summed E-state index contributed by atoms with van der Waals surface area (Å²) in [6, 6.07) is 6.44. The first-order valence-electron chi connectivity index (χ1n) is 4.94. The third kappa shape index (κ3) is 20.1. The van der Waals surface area contributed by atoms with Crippen LogP contribution >= 0.6 is 0 Å². The van der Waals surface area contributed by atoms with E-state index in [2.05, 4.69) is 0 Å². The van der Waals surface area contributed by atoms with Crippen molar-refractivity contribution in [2.75, 3.05) is 6.54 Å². The predicted octanol–water partition coefficient (Wildman–Crippen LogP) is 0.0955. The number of hydrogen-bond acceptors (Lipinski definition) is 7. The topological polar surface area (TPSA) is 207 Å². The molecule has 0 atom stereocenters. The molecule has 21 heavy (non-hydrogen) atoms. The van der Waals surface area contributed by atoms with Crippen molar-refractivity contribution in [3.63, 3.8) is 0 Å². The molecule has 0 amide bonds. The minimum atomic E-state index is -4.67. The Morgan fingerprint density at radius 3 is 1.67 bits per heavy atom. The van der Waals surface area contributed by atoms with Gasteiger partial charge in [0.2, 0.25) is 0 Å². The smallest absolute Gasteiger partial charge is 0.330 e. The van der Waals surface area contributed by atoms with Gasteiger partial charge in [-0.15, -0.1) is 10.1 Å². The third-order valence-electron chi connectivity index (χ3n) is 1.58. The molecule has 13 heteroatoms. The lowest BCUT2D eigenvalue weighted by Crippen LogP contribution is -2.02. The molecule has 0 aliphatic carbocycles. The van der Waals surface area contributed by atoms with Crippen LogP contribution in [0, 0.1) is 20.2 Å². The van der Waals surface area contributed by atoms with Crippen molar-refractivity contribution >= 4 is 16.1 Å². The highest BCUT2D eigenvalue weighted by Crippen LogP contribution is 2.11. The van der Waals surface area contributed by atoms with Crippen molar-refractivity contribution in [3.05, 3.63) is 50.1 Å². The molecule has 0 radical (unpaired) electrons. The van der Waals surface area contributed by atoms with Crippen LogP contribution in [0.5, 0.6) is 0 Å². The summed E-state index contributed by atoms with van der Waals surface area (Å²) in [5, 5.41) is 23.9. The molecule has 1 aromatic carbocycles. The van der Waals surface area contributed by atoms with Crippen LogP contribution in [0.25, 0.3) is 0 Å². The normalized spacial score (nSPS) is 9.48. The molecule has 1 rings (SSSR count). The van der Waals surface area contributed by atoms with Gasteiger partial charge in [0.05, 0.1) is 4.92 Å². The second kappa shape index (κ2) is 10.4. The Kier molecular flexibility index (Phi) is 10.4. The fraction of sp³-hybridized carbons (Fsp3) is 0.250. The van der Waals surface area contributed by atoms with Crippen molar-refractivity contribution in [3.8, 4) is 0 Å². The summed E-state index contributed by atoms with van der Waals surface area (Å²) >= 11 is 0. The van der Waals surface area contributed by atoms with Crippen LogP contribution in [-0.4, -0.2) is 39.3 Å². The third-order valence-corrected chi connectivity index (χ3v) is 1.58. The van der Waals surface area contributed by atoms with E-state index in [0.29, 0.717) is 6.54 Å². The van der Waals surface area contributed by atoms with Crippen LogP contribution in [0.1, 0.15) is 5.56 Å². The van der Waals surface area contributed by atoms with Crippen molar-refractivity contribution in [2.45, 2.75) is 6.42 Å². The fourth-order valence-electron chi connectivity index (χ4n) is 0.951. The second-order valence-electron chi connectivity index (χ2n) is 3.15. The van der Waals surface area contributed by atoms with E-state index in [1.54, 1.807) is 12.1 Å². The zero-order valence-electron chi connectivity index (χ0n) is 10.4. The van der Waals surface area contributed by atoms with Gasteiger partial charge in [-0.05, 0) is 18.5 Å². The van der Waals surface area contributed by atoms with Gasteiger partial charge in [0.1, 0.15) is 0 Å². The Bertz CT molecular complexity index is 531. The minimum absolute atomic E-state index is 0.121. The highest BCUT2D eigenvalue weighted by molar-refractivity contribution is 7.79. The van der Waals surface area contributed by atoms with Crippen molar-refractivity contribution < 1.29 is 32.7 Å². The lowest BCUT2D eigenvalue weighted by atomic mass is 10.1. The van der Waals surface area contributed by atoms with Crippen LogP contribution in [0.2, 0.25) is 0 Å². The first kappa shape index (κ1) is 21.0. The van der Waals surface area contributed by atoms with Gasteiger partial charge in [-0.1, -0.05) is 12.1 Å². The van der Waals surface area contributed by atoms with Crippen LogP contribution in [0.15, 0.2) is 24.3 Å². The maximum Gasteiger partial charge on any atom is 0.394 e. The summed E-state index contributed by atoms with van der Waals surface area (Å²) in [6.07, 6.45) is 0.762. The Balaban J connectivity index is 0. The van der Waals surface area contributed by atoms with E-state index in [1.165, 1.54) is 12.1 Å². The Morgan fingerprint density at radius 2 is 1.43 bits per heavy atom. The molecule has 0 saturated heterocycles. The number of nitro benzene ring substituents is 1. The standard InChI is InChI=1S/C8H10N2O2.HNO3.H2O4S/c9-6-5-7-1-3-8(4-2-7)10(11)12;2-1(3)4;1-5(2,3)4/h1-4H,5-6,9H2;(H,2,3,4);(H2,1,2,3,4). The van der Waals surface area contributed by atoms with Crippen LogP contribution in [0.4, 0.5) is 5.69 Å². The lowest BCUT2D eigenvalue weighted by molar-refractivity contribution is -0.742. The summed E-state index contributed by atoms with van der Waals surface area (Å²) < 4.78 is 31.6. The number of nitrogens with two attached hydrogens (primary N) is 1. The summed E-state index contributed by atoms with van der Waals surface area (Å²) in [7, 11) is -4.67. The minimum Gasteiger partial charge on any atom is -0.330 e. The van der Waals surface area contributed by atoms with E-state index in [4.69, 9.17) is 38.6 Å². The van der Waals surface area contributed by atoms with Gasteiger partial charge in [-0.2, -0.15) is 8.42 Å². The lowest BCUT2D eigenvalue weighted by Gasteiger charge is -1.96. The molecular formula is C8H13N3O9S. The average Bonchev–Trinajstić information content (AvgIpc) is 2.27. The molecule has 0 aliphatic heterocycles. The molecule has 12 nitrogen and oxygen atoms in total. The zero-order chi connectivity index (χ0) is 17.1. The van der Waals surface area contributed by atoms with Gasteiger partial charge in [0, 0.05) is 12.1 Å². The average molecular weight is 327 g/mol. The molecule has 0 aliphatic rings. The summed E-state index contributed by atoms with van der Waals surface area (Å²) in [5.41, 5.74) is 6.48. The summed E-state index contributed by atoms with van der Waals surface area (Å²) in [4.78, 5) is 18.2. The van der Waals surface area contributed by atoms with E-state index in [-0.39, 0.29) is 5.69 Å². The maximum absolute atomic E-state index is 10.3. The molecular weight excluding hydrogens is 314 g/mol. The zero-order valence-corrected chi connectivity index (χ0v) is 11.2. The van der Waals surface area contributed by atoms with Crippen molar-refractivity contribution in [2.24, 2.45) is 5.73 Å². The van der Waals surface area contributed by atoms with Gasteiger partial charge >= 0.3 is 10.4 Å². The summed E-state index contributed by atoms with van der Waals surface area (Å²) in [5.74, 6) is 0. The SMILES string of the molecule is NCCc1ccc([N+](=O)[O-])cc1.O=S(=O)(O)O.O=[N+]([O-])O. The highest BCUT2D eigenvalue weighted by Gasteiger charge is 2.02. The van der Waals surface area contributed by atoms with Crippen LogP contribution < -0.4 is 5.73 Å². The van der Waals surface area contributed by atoms with Gasteiger partial charge < -0.3 is 10.9 Å². The summed E-state index contributed by atoms with van der Waals surface area (Å²) in [6.45, 7) is 0.567. The maximum atomic E-state index is 10.3. The number of hydrogen-bond donors (Lipinski definition) is 4. The molecule has 0 saturated carbocycles. The molecule has 0 unspecified atom stereocenters. The van der Waals surface area contributed by atoms with Gasteiger partial charge in [-0.3, -0.25) is 19.2 Å². The van der Waals surface area contributed by atoms with E-state index < -0.39 is 20.4 Å². The monoisotopic (exact) mass is 327 g/mol. The van der Waals surface area contributed by atoms with Gasteiger partial charge in [0.25, 0.3) is 10.8 Å². The van der Waals surface area contributed by atoms with E-state index in [9.17, 15) is 10.1 Å². The van der Waals surface area contributed by atoms with E-state index in [0.717, 1.165) is 12.0 Å². The number of nitrogens with zero attached hydrogens (tertiary/aromatic N) is 2. The van der Waals surface area contributed by atoms with E-state index >= 15 is 0 Å². The van der Waals surface area contributed by atoms with Crippen molar-refractivity contribution in [1.82, 2.24) is 0 Å². The highest BCUT2D eigenvalue weighted by atomic mass is 32.3. The van der Waals surface area contributed by atoms with E-state index in [1.807, 2.05) is 0 Å². The molecule has 120 valence electrons.